The molecule has 0 aliphatic carbocycles. The van der Waals surface area contributed by atoms with Crippen LogP contribution >= 0.6 is 0 Å². The zero-order chi connectivity index (χ0) is 13.9. The zero-order valence-electron chi connectivity index (χ0n) is 11.6. The topological polar surface area (TPSA) is 73.4 Å². The van der Waals surface area contributed by atoms with E-state index in [1.807, 2.05) is 25.1 Å². The lowest BCUT2D eigenvalue weighted by molar-refractivity contribution is -0.149. The van der Waals surface area contributed by atoms with E-state index >= 15 is 0 Å². The van der Waals surface area contributed by atoms with Gasteiger partial charge in [0.05, 0.1) is 19.3 Å². The van der Waals surface area contributed by atoms with Crippen molar-refractivity contribution in [3.8, 4) is 0 Å². The predicted octanol–water partition coefficient (Wildman–Crippen LogP) is 0.233. The predicted molar refractivity (Wildman–Crippen MR) is 71.4 cm³/mol. The summed E-state index contributed by atoms with van der Waals surface area (Å²) in [5, 5.41) is 4.17. The summed E-state index contributed by atoms with van der Waals surface area (Å²) >= 11 is 0. The van der Waals surface area contributed by atoms with Crippen molar-refractivity contribution in [1.29, 1.82) is 0 Å². The van der Waals surface area contributed by atoms with Gasteiger partial charge in [-0.1, -0.05) is 0 Å². The lowest BCUT2D eigenvalue weighted by Crippen LogP contribution is -2.50. The van der Waals surface area contributed by atoms with Crippen molar-refractivity contribution < 1.29 is 9.53 Å². The molecule has 1 amide bonds. The Morgan fingerprint density at radius 2 is 2.42 bits per heavy atom. The number of hydrogen-bond acceptors (Lipinski definition) is 4. The number of hydrogen-bond donors (Lipinski definition) is 1. The second-order valence-electron chi connectivity index (χ2n) is 5.19. The van der Waals surface area contributed by atoms with Crippen molar-refractivity contribution >= 4 is 5.91 Å². The van der Waals surface area contributed by atoms with Crippen molar-refractivity contribution in [2.75, 3.05) is 26.2 Å². The smallest absolute Gasteiger partial charge is 0.222 e. The first-order valence-electron chi connectivity index (χ1n) is 6.66. The van der Waals surface area contributed by atoms with Crippen LogP contribution in [0.5, 0.6) is 0 Å². The Bertz CT molecular complexity index is 446. The SMILES string of the molecule is Cn1cc(C2(C)CN(C(=O)CCCN)CCO2)cn1. The van der Waals surface area contributed by atoms with Gasteiger partial charge in [-0.25, -0.2) is 0 Å². The molecule has 1 aromatic rings. The standard InChI is InChI=1S/C13H22N4O2/c1-13(11-8-15-16(2)9-11)10-17(6-7-19-13)12(18)4-3-5-14/h8-9H,3-7,10,14H2,1-2H3. The third kappa shape index (κ3) is 3.13. The van der Waals surface area contributed by atoms with E-state index in [1.54, 1.807) is 10.9 Å². The average Bonchev–Trinajstić information content (AvgIpc) is 2.83. The molecule has 2 rings (SSSR count). The maximum atomic E-state index is 12.1. The van der Waals surface area contributed by atoms with Crippen LogP contribution in [0.4, 0.5) is 0 Å². The van der Waals surface area contributed by atoms with Crippen molar-refractivity contribution in [3.05, 3.63) is 18.0 Å². The summed E-state index contributed by atoms with van der Waals surface area (Å²) in [5.41, 5.74) is 5.99. The van der Waals surface area contributed by atoms with Crippen LogP contribution in [0.2, 0.25) is 0 Å². The number of rotatable bonds is 4. The molecule has 0 radical (unpaired) electrons. The van der Waals surface area contributed by atoms with Crippen LogP contribution in [-0.4, -0.2) is 46.8 Å². The van der Waals surface area contributed by atoms with Crippen molar-refractivity contribution in [2.24, 2.45) is 12.8 Å². The van der Waals surface area contributed by atoms with Crippen LogP contribution in [0, 0.1) is 0 Å². The van der Waals surface area contributed by atoms with Crippen LogP contribution < -0.4 is 5.73 Å². The lowest BCUT2D eigenvalue weighted by atomic mass is 9.96. The van der Waals surface area contributed by atoms with Gasteiger partial charge in [0.15, 0.2) is 0 Å². The molecule has 0 spiro atoms. The number of nitrogens with zero attached hydrogens (tertiary/aromatic N) is 3. The molecule has 0 saturated carbocycles. The number of ether oxygens (including phenoxy) is 1. The van der Waals surface area contributed by atoms with E-state index in [2.05, 4.69) is 5.10 Å². The summed E-state index contributed by atoms with van der Waals surface area (Å²) in [4.78, 5) is 13.9. The number of carbonyl (C=O) groups excluding carboxylic acids is 1. The molecule has 0 bridgehead atoms. The summed E-state index contributed by atoms with van der Waals surface area (Å²) in [7, 11) is 1.87. The van der Waals surface area contributed by atoms with Gasteiger partial charge in [-0.05, 0) is 19.9 Å². The number of morpholine rings is 1. The van der Waals surface area contributed by atoms with Crippen molar-refractivity contribution in [2.45, 2.75) is 25.4 Å². The monoisotopic (exact) mass is 266 g/mol. The van der Waals surface area contributed by atoms with Gasteiger partial charge >= 0.3 is 0 Å². The molecule has 2 heterocycles. The largest absolute Gasteiger partial charge is 0.367 e. The Balaban J connectivity index is 2.05. The van der Waals surface area contributed by atoms with Gasteiger partial charge in [0, 0.05) is 31.8 Å². The van der Waals surface area contributed by atoms with Gasteiger partial charge in [0.1, 0.15) is 5.60 Å². The minimum Gasteiger partial charge on any atom is -0.367 e. The summed E-state index contributed by atoms with van der Waals surface area (Å²) in [6.07, 6.45) is 4.99. The fourth-order valence-electron chi connectivity index (χ4n) is 2.36. The molecule has 1 saturated heterocycles. The van der Waals surface area contributed by atoms with Gasteiger partial charge in [-0.3, -0.25) is 9.48 Å². The summed E-state index contributed by atoms with van der Waals surface area (Å²) in [6, 6.07) is 0. The average molecular weight is 266 g/mol. The van der Waals surface area contributed by atoms with Crippen LogP contribution in [0.1, 0.15) is 25.3 Å². The van der Waals surface area contributed by atoms with Gasteiger partial charge in [0.25, 0.3) is 0 Å². The molecule has 106 valence electrons. The molecule has 0 aromatic carbocycles. The maximum Gasteiger partial charge on any atom is 0.222 e. The molecule has 1 fully saturated rings. The first kappa shape index (κ1) is 14.0. The van der Waals surface area contributed by atoms with Crippen LogP contribution in [0.15, 0.2) is 12.4 Å². The quantitative estimate of drug-likeness (QED) is 0.847. The second kappa shape index (κ2) is 5.71. The van der Waals surface area contributed by atoms with E-state index < -0.39 is 5.60 Å². The normalized spacial score (nSPS) is 23.6. The molecular formula is C13H22N4O2. The Morgan fingerprint density at radius 3 is 3.05 bits per heavy atom. The number of carbonyl (C=O) groups is 1. The van der Waals surface area contributed by atoms with E-state index in [-0.39, 0.29) is 5.91 Å². The van der Waals surface area contributed by atoms with Crippen molar-refractivity contribution in [3.63, 3.8) is 0 Å². The summed E-state index contributed by atoms with van der Waals surface area (Å²) < 4.78 is 7.63. The fraction of sp³-hybridized carbons (Fsp3) is 0.692. The second-order valence-corrected chi connectivity index (χ2v) is 5.19. The zero-order valence-corrected chi connectivity index (χ0v) is 11.6. The van der Waals surface area contributed by atoms with E-state index in [0.717, 1.165) is 12.0 Å². The molecule has 2 N–H and O–H groups in total. The molecule has 19 heavy (non-hydrogen) atoms. The van der Waals surface area contributed by atoms with Crippen molar-refractivity contribution in [1.82, 2.24) is 14.7 Å². The Labute approximate surface area is 113 Å². The van der Waals surface area contributed by atoms with Gasteiger partial charge < -0.3 is 15.4 Å². The van der Waals surface area contributed by atoms with Crippen LogP contribution in [0.25, 0.3) is 0 Å². The molecule has 1 unspecified atom stereocenters. The highest BCUT2D eigenvalue weighted by atomic mass is 16.5. The number of aromatic nitrogens is 2. The first-order chi connectivity index (χ1) is 9.05. The van der Waals surface area contributed by atoms with Crippen LogP contribution in [-0.2, 0) is 22.2 Å². The number of aryl methyl sites for hydroxylation is 1. The van der Waals surface area contributed by atoms with E-state index in [0.29, 0.717) is 32.7 Å². The van der Waals surface area contributed by atoms with Gasteiger partial charge in [0.2, 0.25) is 5.91 Å². The highest BCUT2D eigenvalue weighted by Gasteiger charge is 2.36. The minimum atomic E-state index is -0.467. The van der Waals surface area contributed by atoms with Gasteiger partial charge in [-0.2, -0.15) is 5.10 Å². The molecule has 1 aliphatic heterocycles. The molecule has 1 aliphatic rings. The molecule has 1 atom stereocenters. The van der Waals surface area contributed by atoms with E-state index in [1.165, 1.54) is 0 Å². The minimum absolute atomic E-state index is 0.156. The Hall–Kier alpha value is -1.40. The highest BCUT2D eigenvalue weighted by Crippen LogP contribution is 2.29. The first-order valence-corrected chi connectivity index (χ1v) is 6.66. The maximum absolute atomic E-state index is 12.1. The third-order valence-electron chi connectivity index (χ3n) is 3.54. The van der Waals surface area contributed by atoms with Crippen LogP contribution in [0.3, 0.4) is 0 Å². The Kier molecular flexibility index (Phi) is 4.21. The number of nitrogens with two attached hydrogens (primary N) is 1. The highest BCUT2D eigenvalue weighted by molar-refractivity contribution is 5.76. The summed E-state index contributed by atoms with van der Waals surface area (Å²) in [5.74, 6) is 0.156. The van der Waals surface area contributed by atoms with E-state index in [4.69, 9.17) is 10.5 Å². The fourth-order valence-corrected chi connectivity index (χ4v) is 2.36. The molecule has 6 nitrogen and oxygen atoms in total. The Morgan fingerprint density at radius 1 is 1.63 bits per heavy atom. The number of amides is 1. The molecule has 6 heteroatoms. The lowest BCUT2D eigenvalue weighted by Gasteiger charge is -2.40. The van der Waals surface area contributed by atoms with Gasteiger partial charge in [-0.15, -0.1) is 0 Å². The molecular weight excluding hydrogens is 244 g/mol. The third-order valence-corrected chi connectivity index (χ3v) is 3.54. The van der Waals surface area contributed by atoms with E-state index in [9.17, 15) is 4.79 Å². The molecule has 1 aromatic heterocycles. The summed E-state index contributed by atoms with van der Waals surface area (Å²) in [6.45, 7) is 4.34.